The third kappa shape index (κ3) is 6.06. The highest BCUT2D eigenvalue weighted by Gasteiger charge is 2.42. The Kier molecular flexibility index (Phi) is 9.27. The number of hydrogen-bond acceptors (Lipinski definition) is 8. The molecular formula is C27H35Cl2N7O4. The van der Waals surface area contributed by atoms with Crippen LogP contribution in [0.4, 0.5) is 22.2 Å². The molecule has 216 valence electrons. The lowest BCUT2D eigenvalue weighted by atomic mass is 10.1. The van der Waals surface area contributed by atoms with Crippen LogP contribution in [0.2, 0.25) is 10.0 Å². The lowest BCUT2D eigenvalue weighted by Gasteiger charge is -2.39. The Balaban J connectivity index is 1.74. The number of likely N-dealkylation sites (tertiary alicyclic amines) is 1. The van der Waals surface area contributed by atoms with Gasteiger partial charge in [0.25, 0.3) is 0 Å². The highest BCUT2D eigenvalue weighted by atomic mass is 35.5. The molecule has 0 radical (unpaired) electrons. The smallest absolute Gasteiger partial charge is 0.330 e. The van der Waals surface area contributed by atoms with Crippen molar-refractivity contribution in [2.45, 2.75) is 38.9 Å². The van der Waals surface area contributed by atoms with Crippen LogP contribution in [-0.2, 0) is 11.3 Å². The summed E-state index contributed by atoms with van der Waals surface area (Å²) in [5.74, 6) is 1.44. The summed E-state index contributed by atoms with van der Waals surface area (Å²) >= 11 is 13.4. The molecule has 2 aliphatic rings. The standard InChI is InChI=1S/C27H35Cl2N7O4/c1-16(2)31-26-30-13-17-14-35(24-22(28)19(39-5)12-20(40-6)23(24)29)27(38)36(25(17)32-26)18-9-11-34(15-18)21(37)8-7-10-33(3)4/h7-8,12-13,16,18H,9-11,14-15H2,1-6H3,(H,30,31,32)/b8-7+. The van der Waals surface area contributed by atoms with E-state index in [0.29, 0.717) is 54.9 Å². The van der Waals surface area contributed by atoms with E-state index < -0.39 is 0 Å². The van der Waals surface area contributed by atoms with E-state index in [1.165, 1.54) is 19.1 Å². The molecule has 0 aliphatic carbocycles. The average molecular weight is 593 g/mol. The molecule has 40 heavy (non-hydrogen) atoms. The van der Waals surface area contributed by atoms with Crippen molar-refractivity contribution in [1.82, 2.24) is 19.8 Å². The molecule has 0 saturated carbocycles. The van der Waals surface area contributed by atoms with E-state index in [0.717, 1.165) is 0 Å². The number of carbonyl (C=O) groups excluding carboxylic acids is 2. The van der Waals surface area contributed by atoms with Gasteiger partial charge in [-0.2, -0.15) is 4.98 Å². The minimum atomic E-state index is -0.372. The summed E-state index contributed by atoms with van der Waals surface area (Å²) in [4.78, 5) is 43.2. The number of anilines is 3. The molecule has 4 rings (SSSR count). The Morgan fingerprint density at radius 3 is 2.50 bits per heavy atom. The maximum Gasteiger partial charge on any atom is 0.330 e. The van der Waals surface area contributed by atoms with Gasteiger partial charge < -0.3 is 24.6 Å². The van der Waals surface area contributed by atoms with Crippen LogP contribution in [-0.4, -0.2) is 91.7 Å². The van der Waals surface area contributed by atoms with E-state index in [1.807, 2.05) is 38.9 Å². The van der Waals surface area contributed by atoms with Gasteiger partial charge in [0, 0.05) is 49.6 Å². The minimum Gasteiger partial charge on any atom is -0.495 e. The van der Waals surface area contributed by atoms with E-state index in [4.69, 9.17) is 37.7 Å². The van der Waals surface area contributed by atoms with Gasteiger partial charge >= 0.3 is 6.03 Å². The van der Waals surface area contributed by atoms with Crippen LogP contribution in [0.15, 0.2) is 24.4 Å². The Hall–Kier alpha value is -3.28. The second-order valence-electron chi connectivity index (χ2n) is 10.2. The molecule has 1 fully saturated rings. The van der Waals surface area contributed by atoms with Gasteiger partial charge in [0.05, 0.1) is 32.5 Å². The van der Waals surface area contributed by atoms with Crippen LogP contribution in [0.1, 0.15) is 25.8 Å². The summed E-state index contributed by atoms with van der Waals surface area (Å²) in [6, 6.07) is 0.971. The summed E-state index contributed by atoms with van der Waals surface area (Å²) in [7, 11) is 6.83. The average Bonchev–Trinajstić information content (AvgIpc) is 3.38. The number of nitrogens with one attached hydrogen (secondary N) is 1. The maximum atomic E-state index is 14.3. The van der Waals surface area contributed by atoms with E-state index in [1.54, 1.807) is 28.1 Å². The zero-order chi connectivity index (χ0) is 29.1. The Morgan fingerprint density at radius 2 is 1.90 bits per heavy atom. The van der Waals surface area contributed by atoms with Crippen LogP contribution < -0.4 is 24.6 Å². The second-order valence-corrected chi connectivity index (χ2v) is 11.0. The molecule has 0 bridgehead atoms. The lowest BCUT2D eigenvalue weighted by Crippen LogP contribution is -2.53. The lowest BCUT2D eigenvalue weighted by molar-refractivity contribution is -0.125. The number of aromatic nitrogens is 2. The van der Waals surface area contributed by atoms with Crippen molar-refractivity contribution < 1.29 is 19.1 Å². The predicted molar refractivity (Wildman–Crippen MR) is 157 cm³/mol. The molecule has 13 heteroatoms. The van der Waals surface area contributed by atoms with Gasteiger partial charge in [-0.3, -0.25) is 14.6 Å². The number of fused-ring (bicyclic) bond motifs is 1. The number of carbonyl (C=O) groups is 2. The Morgan fingerprint density at radius 1 is 1.23 bits per heavy atom. The molecule has 11 nitrogen and oxygen atoms in total. The second kappa shape index (κ2) is 12.5. The molecule has 0 spiro atoms. The van der Waals surface area contributed by atoms with Crippen LogP contribution >= 0.6 is 23.2 Å². The fraction of sp³-hybridized carbons (Fsp3) is 0.481. The van der Waals surface area contributed by atoms with Crippen molar-refractivity contribution in [2.75, 3.05) is 63.1 Å². The first-order valence-electron chi connectivity index (χ1n) is 13.0. The Bertz CT molecular complexity index is 1280. The summed E-state index contributed by atoms with van der Waals surface area (Å²) in [5, 5.41) is 3.56. The van der Waals surface area contributed by atoms with Gasteiger partial charge in [-0.05, 0) is 34.4 Å². The number of urea groups is 1. The van der Waals surface area contributed by atoms with Crippen molar-refractivity contribution in [3.8, 4) is 11.5 Å². The molecule has 1 N–H and O–H groups in total. The van der Waals surface area contributed by atoms with Crippen molar-refractivity contribution in [3.05, 3.63) is 40.0 Å². The number of rotatable bonds is 9. The fourth-order valence-corrected chi connectivity index (χ4v) is 5.44. The SMILES string of the molecule is COc1cc(OC)c(Cl)c(N2Cc3cnc(NC(C)C)nc3N(C3CCN(C(=O)/C=C/CN(C)C)C3)C2=O)c1Cl. The number of benzene rings is 1. The monoisotopic (exact) mass is 591 g/mol. The summed E-state index contributed by atoms with van der Waals surface area (Å²) in [6.07, 6.45) is 5.68. The van der Waals surface area contributed by atoms with E-state index >= 15 is 0 Å². The number of halogens is 2. The molecule has 3 heterocycles. The third-order valence-electron chi connectivity index (χ3n) is 6.64. The summed E-state index contributed by atoms with van der Waals surface area (Å²) < 4.78 is 10.9. The maximum absolute atomic E-state index is 14.3. The number of methoxy groups -OCH3 is 2. The minimum absolute atomic E-state index is 0.0951. The highest BCUT2D eigenvalue weighted by Crippen LogP contribution is 2.48. The first-order chi connectivity index (χ1) is 19.0. The van der Waals surface area contributed by atoms with Crippen LogP contribution in [0.25, 0.3) is 0 Å². The van der Waals surface area contributed by atoms with Crippen LogP contribution in [0, 0.1) is 0 Å². The van der Waals surface area contributed by atoms with E-state index in [9.17, 15) is 9.59 Å². The van der Waals surface area contributed by atoms with Gasteiger partial charge in [0.2, 0.25) is 11.9 Å². The first-order valence-corrected chi connectivity index (χ1v) is 13.7. The fourth-order valence-electron chi connectivity index (χ4n) is 4.74. The molecule has 2 aliphatic heterocycles. The quantitative estimate of drug-likeness (QED) is 0.431. The summed E-state index contributed by atoms with van der Waals surface area (Å²) in [5.41, 5.74) is 0.973. The van der Waals surface area contributed by atoms with Gasteiger partial charge in [-0.25, -0.2) is 9.78 Å². The number of nitrogens with zero attached hydrogens (tertiary/aromatic N) is 6. The number of likely N-dealkylation sites (N-methyl/N-ethyl adjacent to an activating group) is 1. The predicted octanol–water partition coefficient (Wildman–Crippen LogP) is 4.29. The molecule has 1 unspecified atom stereocenters. The molecule has 2 aromatic rings. The van der Waals surface area contributed by atoms with Gasteiger partial charge in [-0.15, -0.1) is 0 Å². The zero-order valence-corrected chi connectivity index (χ0v) is 25.1. The van der Waals surface area contributed by atoms with Gasteiger partial charge in [0.15, 0.2) is 0 Å². The van der Waals surface area contributed by atoms with Crippen molar-refractivity contribution >= 4 is 52.6 Å². The van der Waals surface area contributed by atoms with Gasteiger partial charge in [-0.1, -0.05) is 29.3 Å². The van der Waals surface area contributed by atoms with E-state index in [2.05, 4.69) is 10.3 Å². The number of amides is 3. The van der Waals surface area contributed by atoms with Gasteiger partial charge in [0.1, 0.15) is 27.4 Å². The topological polar surface area (TPSA) is 103 Å². The van der Waals surface area contributed by atoms with Crippen molar-refractivity contribution in [2.24, 2.45) is 0 Å². The first kappa shape index (κ1) is 29.7. The molecular weight excluding hydrogens is 557 g/mol. The molecule has 1 saturated heterocycles. The third-order valence-corrected chi connectivity index (χ3v) is 7.38. The number of hydrogen-bond donors (Lipinski definition) is 1. The van der Waals surface area contributed by atoms with Crippen LogP contribution in [0.5, 0.6) is 11.5 Å². The number of ether oxygens (including phenoxy) is 2. The summed E-state index contributed by atoms with van der Waals surface area (Å²) in [6.45, 7) is 5.61. The normalized spacial score (nSPS) is 17.3. The molecule has 1 atom stereocenters. The van der Waals surface area contributed by atoms with Crippen LogP contribution in [0.3, 0.4) is 0 Å². The molecule has 1 aromatic carbocycles. The molecule has 3 amide bonds. The Labute approximate surface area is 244 Å². The van der Waals surface area contributed by atoms with Crippen molar-refractivity contribution in [3.63, 3.8) is 0 Å². The molecule has 1 aromatic heterocycles. The van der Waals surface area contributed by atoms with Crippen molar-refractivity contribution in [1.29, 1.82) is 0 Å². The van der Waals surface area contributed by atoms with E-state index in [-0.39, 0.29) is 46.3 Å². The largest absolute Gasteiger partial charge is 0.495 e. The zero-order valence-electron chi connectivity index (χ0n) is 23.6. The highest BCUT2D eigenvalue weighted by molar-refractivity contribution is 6.42.